The normalized spacial score (nSPS) is 10.5. The van der Waals surface area contributed by atoms with Crippen LogP contribution in [0.15, 0.2) is 24.3 Å². The highest BCUT2D eigenvalue weighted by Gasteiger charge is 2.03. The third-order valence-electron chi connectivity index (χ3n) is 2.57. The number of pyridine rings is 1. The van der Waals surface area contributed by atoms with Crippen LogP contribution >= 0.6 is 0 Å². The molecular formula is C13H13NO. The van der Waals surface area contributed by atoms with E-state index in [4.69, 9.17) is 0 Å². The van der Waals surface area contributed by atoms with Crippen molar-refractivity contribution in [2.45, 2.75) is 20.3 Å². The fourth-order valence-corrected chi connectivity index (χ4v) is 1.75. The van der Waals surface area contributed by atoms with Crippen LogP contribution in [0.3, 0.4) is 0 Å². The van der Waals surface area contributed by atoms with Crippen LogP contribution in [0.5, 0.6) is 0 Å². The summed E-state index contributed by atoms with van der Waals surface area (Å²) in [5.74, 6) is 0. The number of rotatable bonds is 2. The Bertz CT molecular complexity index is 517. The maximum atomic E-state index is 10.9. The van der Waals surface area contributed by atoms with Crippen molar-refractivity contribution in [1.82, 2.24) is 4.98 Å². The lowest BCUT2D eigenvalue weighted by Gasteiger charge is -2.04. The summed E-state index contributed by atoms with van der Waals surface area (Å²) in [5, 5.41) is 0.954. The lowest BCUT2D eigenvalue weighted by atomic mass is 10.0. The van der Waals surface area contributed by atoms with Gasteiger partial charge in [-0.15, -0.1) is 0 Å². The summed E-state index contributed by atoms with van der Waals surface area (Å²) in [4.78, 5) is 15.3. The largest absolute Gasteiger partial charge is 0.298 e. The van der Waals surface area contributed by atoms with Crippen LogP contribution in [-0.4, -0.2) is 11.3 Å². The number of fused-ring (bicyclic) bond motifs is 1. The molecule has 0 aliphatic heterocycles. The van der Waals surface area contributed by atoms with Crippen molar-refractivity contribution in [3.05, 3.63) is 41.1 Å². The SMILES string of the molecule is CCc1ccc2nc(C)cc(C=O)c2c1. The van der Waals surface area contributed by atoms with E-state index in [1.807, 2.05) is 25.1 Å². The van der Waals surface area contributed by atoms with Gasteiger partial charge < -0.3 is 0 Å². The number of aromatic nitrogens is 1. The Labute approximate surface area is 89.0 Å². The minimum atomic E-state index is 0.729. The summed E-state index contributed by atoms with van der Waals surface area (Å²) in [6, 6.07) is 7.91. The zero-order chi connectivity index (χ0) is 10.8. The van der Waals surface area contributed by atoms with Gasteiger partial charge in [0.2, 0.25) is 0 Å². The monoisotopic (exact) mass is 199 g/mol. The van der Waals surface area contributed by atoms with Gasteiger partial charge in [-0.3, -0.25) is 9.78 Å². The predicted molar refractivity (Wildman–Crippen MR) is 61.2 cm³/mol. The molecule has 0 N–H and O–H groups in total. The first-order valence-electron chi connectivity index (χ1n) is 5.10. The van der Waals surface area contributed by atoms with Gasteiger partial charge in [-0.2, -0.15) is 0 Å². The summed E-state index contributed by atoms with van der Waals surface area (Å²) in [6.07, 6.45) is 1.87. The van der Waals surface area contributed by atoms with E-state index in [1.165, 1.54) is 5.56 Å². The molecule has 0 spiro atoms. The molecule has 2 rings (SSSR count). The molecule has 15 heavy (non-hydrogen) atoms. The van der Waals surface area contributed by atoms with Crippen LogP contribution in [0.25, 0.3) is 10.9 Å². The lowest BCUT2D eigenvalue weighted by molar-refractivity contribution is 0.112. The van der Waals surface area contributed by atoms with Crippen molar-refractivity contribution in [2.75, 3.05) is 0 Å². The van der Waals surface area contributed by atoms with Gasteiger partial charge in [-0.05, 0) is 37.1 Å². The number of benzene rings is 1. The first-order chi connectivity index (χ1) is 7.24. The second kappa shape index (κ2) is 3.81. The zero-order valence-electron chi connectivity index (χ0n) is 8.95. The highest BCUT2D eigenvalue weighted by atomic mass is 16.1. The Morgan fingerprint density at radius 1 is 1.33 bits per heavy atom. The van der Waals surface area contributed by atoms with Crippen molar-refractivity contribution in [3.63, 3.8) is 0 Å². The van der Waals surface area contributed by atoms with Crippen LogP contribution in [-0.2, 0) is 6.42 Å². The minimum Gasteiger partial charge on any atom is -0.298 e. The smallest absolute Gasteiger partial charge is 0.150 e. The molecule has 0 aliphatic rings. The number of hydrogen-bond acceptors (Lipinski definition) is 2. The van der Waals surface area contributed by atoms with Crippen LogP contribution in [0.2, 0.25) is 0 Å². The summed E-state index contributed by atoms with van der Waals surface area (Å²) in [5.41, 5.74) is 3.74. The summed E-state index contributed by atoms with van der Waals surface area (Å²) < 4.78 is 0. The molecule has 0 radical (unpaired) electrons. The van der Waals surface area contributed by atoms with E-state index in [0.717, 1.165) is 34.9 Å². The van der Waals surface area contributed by atoms with E-state index in [1.54, 1.807) is 0 Å². The van der Waals surface area contributed by atoms with Gasteiger partial charge in [-0.1, -0.05) is 13.0 Å². The van der Waals surface area contributed by atoms with E-state index < -0.39 is 0 Å². The quantitative estimate of drug-likeness (QED) is 0.696. The Morgan fingerprint density at radius 3 is 2.80 bits per heavy atom. The number of carbonyl (C=O) groups is 1. The molecule has 2 nitrogen and oxygen atoms in total. The second-order valence-electron chi connectivity index (χ2n) is 3.68. The molecule has 0 unspecified atom stereocenters. The van der Waals surface area contributed by atoms with Crippen LogP contribution < -0.4 is 0 Å². The van der Waals surface area contributed by atoms with Crippen molar-refractivity contribution < 1.29 is 4.79 Å². The Hall–Kier alpha value is -1.70. The highest BCUT2D eigenvalue weighted by molar-refractivity contribution is 5.96. The molecule has 2 aromatic rings. The third-order valence-corrected chi connectivity index (χ3v) is 2.57. The van der Waals surface area contributed by atoms with Gasteiger partial charge in [0.1, 0.15) is 0 Å². The molecular weight excluding hydrogens is 186 g/mol. The second-order valence-corrected chi connectivity index (χ2v) is 3.68. The maximum Gasteiger partial charge on any atom is 0.150 e. The van der Waals surface area contributed by atoms with Crippen LogP contribution in [0.1, 0.15) is 28.5 Å². The molecule has 1 aromatic heterocycles. The molecule has 0 fully saturated rings. The van der Waals surface area contributed by atoms with E-state index in [0.29, 0.717) is 0 Å². The molecule has 76 valence electrons. The third kappa shape index (κ3) is 1.75. The molecule has 1 aromatic carbocycles. The average molecular weight is 199 g/mol. The molecule has 0 saturated carbocycles. The van der Waals surface area contributed by atoms with Gasteiger partial charge in [0, 0.05) is 16.6 Å². The van der Waals surface area contributed by atoms with Gasteiger partial charge >= 0.3 is 0 Å². The summed E-state index contributed by atoms with van der Waals surface area (Å²) >= 11 is 0. The topological polar surface area (TPSA) is 30.0 Å². The van der Waals surface area contributed by atoms with Crippen molar-refractivity contribution in [2.24, 2.45) is 0 Å². The molecule has 1 heterocycles. The van der Waals surface area contributed by atoms with Crippen LogP contribution in [0, 0.1) is 6.92 Å². The zero-order valence-corrected chi connectivity index (χ0v) is 8.95. The Kier molecular flexibility index (Phi) is 2.50. The average Bonchev–Trinajstić information content (AvgIpc) is 2.27. The lowest BCUT2D eigenvalue weighted by Crippen LogP contribution is -1.91. The number of aldehydes is 1. The Morgan fingerprint density at radius 2 is 2.13 bits per heavy atom. The van der Waals surface area contributed by atoms with Gasteiger partial charge in [0.05, 0.1) is 5.52 Å². The summed E-state index contributed by atoms with van der Waals surface area (Å²) in [7, 11) is 0. The van der Waals surface area contributed by atoms with E-state index in [2.05, 4.69) is 18.0 Å². The van der Waals surface area contributed by atoms with Crippen molar-refractivity contribution in [3.8, 4) is 0 Å². The van der Waals surface area contributed by atoms with Crippen molar-refractivity contribution >= 4 is 17.2 Å². The molecule has 0 amide bonds. The fraction of sp³-hybridized carbons (Fsp3) is 0.231. The van der Waals surface area contributed by atoms with E-state index in [-0.39, 0.29) is 0 Å². The number of nitrogens with zero attached hydrogens (tertiary/aromatic N) is 1. The molecule has 2 heteroatoms. The number of carbonyl (C=O) groups excluding carboxylic acids is 1. The summed E-state index contributed by atoms with van der Waals surface area (Å²) in [6.45, 7) is 4.00. The molecule has 0 atom stereocenters. The first-order valence-corrected chi connectivity index (χ1v) is 5.10. The van der Waals surface area contributed by atoms with Gasteiger partial charge in [0.25, 0.3) is 0 Å². The predicted octanol–water partition coefficient (Wildman–Crippen LogP) is 2.92. The van der Waals surface area contributed by atoms with E-state index >= 15 is 0 Å². The minimum absolute atomic E-state index is 0.729. The first kappa shape index (κ1) is 9.84. The standard InChI is InChI=1S/C13H13NO/c1-3-10-4-5-13-12(7-10)11(8-15)6-9(2)14-13/h4-8H,3H2,1-2H3. The highest BCUT2D eigenvalue weighted by Crippen LogP contribution is 2.19. The van der Waals surface area contributed by atoms with Gasteiger partial charge in [0.15, 0.2) is 6.29 Å². The fourth-order valence-electron chi connectivity index (χ4n) is 1.75. The Balaban J connectivity index is 2.79. The van der Waals surface area contributed by atoms with Gasteiger partial charge in [-0.25, -0.2) is 0 Å². The molecule has 0 aliphatic carbocycles. The van der Waals surface area contributed by atoms with E-state index in [9.17, 15) is 4.79 Å². The number of hydrogen-bond donors (Lipinski definition) is 0. The van der Waals surface area contributed by atoms with Crippen LogP contribution in [0.4, 0.5) is 0 Å². The molecule has 0 saturated heterocycles. The maximum absolute atomic E-state index is 10.9. The molecule has 0 bridgehead atoms. The number of aryl methyl sites for hydroxylation is 2. The van der Waals surface area contributed by atoms with Crippen molar-refractivity contribution in [1.29, 1.82) is 0 Å².